The molecule has 31 heavy (non-hydrogen) atoms. The van der Waals surface area contributed by atoms with Crippen LogP contribution in [-0.2, 0) is 32.0 Å². The van der Waals surface area contributed by atoms with Crippen LogP contribution in [0.1, 0.15) is 11.1 Å². The van der Waals surface area contributed by atoms with E-state index < -0.39 is 0 Å². The molecule has 0 aliphatic rings. The van der Waals surface area contributed by atoms with Crippen molar-refractivity contribution in [2.75, 3.05) is 7.11 Å². The van der Waals surface area contributed by atoms with E-state index >= 15 is 0 Å². The van der Waals surface area contributed by atoms with Gasteiger partial charge in [0.25, 0.3) is 0 Å². The minimum atomic E-state index is -0.0574. The lowest BCUT2D eigenvalue weighted by Crippen LogP contribution is -2.13. The number of methoxy groups -OCH3 is 1. The summed E-state index contributed by atoms with van der Waals surface area (Å²) in [7, 11) is 5.24. The van der Waals surface area contributed by atoms with Crippen molar-refractivity contribution >= 4 is 0 Å². The maximum absolute atomic E-state index is 11.7. The predicted octanol–water partition coefficient (Wildman–Crippen LogP) is 3.57. The Labute approximate surface area is 180 Å². The smallest absolute Gasteiger partial charge is 0.250 e. The lowest BCUT2D eigenvalue weighted by atomic mass is 10.1. The summed E-state index contributed by atoms with van der Waals surface area (Å²) >= 11 is 0. The maximum atomic E-state index is 11.7. The van der Waals surface area contributed by atoms with E-state index in [1.807, 2.05) is 55.8 Å². The third kappa shape index (κ3) is 4.73. The van der Waals surface area contributed by atoms with Gasteiger partial charge in [-0.05, 0) is 23.3 Å². The number of aromatic nitrogens is 4. The summed E-state index contributed by atoms with van der Waals surface area (Å²) in [5.74, 6) is 0.528. The average Bonchev–Trinajstić information content (AvgIpc) is 3.16. The second-order valence-electron chi connectivity index (χ2n) is 7.36. The van der Waals surface area contributed by atoms with Gasteiger partial charge in [-0.15, -0.1) is 5.10 Å². The van der Waals surface area contributed by atoms with Gasteiger partial charge in [0.1, 0.15) is 6.61 Å². The zero-order chi connectivity index (χ0) is 21.8. The van der Waals surface area contributed by atoms with Gasteiger partial charge in [-0.3, -0.25) is 14.5 Å². The van der Waals surface area contributed by atoms with Crippen LogP contribution in [0.15, 0.2) is 71.9 Å². The van der Waals surface area contributed by atoms with Crippen LogP contribution in [0.5, 0.6) is 5.88 Å². The van der Waals surface area contributed by atoms with E-state index in [-0.39, 0.29) is 5.56 Å². The molecular weight excluding hydrogens is 392 g/mol. The van der Waals surface area contributed by atoms with Gasteiger partial charge < -0.3 is 14.0 Å². The Morgan fingerprint density at radius 3 is 2.29 bits per heavy atom. The zero-order valence-corrected chi connectivity index (χ0v) is 17.8. The second kappa shape index (κ2) is 8.97. The lowest BCUT2D eigenvalue weighted by molar-refractivity contribution is 0.184. The summed E-state index contributed by atoms with van der Waals surface area (Å²) in [6.07, 6.45) is 5.50. The molecule has 1 aromatic carbocycles. The van der Waals surface area contributed by atoms with Crippen LogP contribution in [0, 0.1) is 0 Å². The van der Waals surface area contributed by atoms with Crippen LogP contribution in [0.4, 0.5) is 0 Å². The Balaban J connectivity index is 1.47. The van der Waals surface area contributed by atoms with E-state index in [2.05, 4.69) is 10.1 Å². The van der Waals surface area contributed by atoms with Crippen molar-refractivity contribution in [1.29, 1.82) is 0 Å². The fourth-order valence-electron chi connectivity index (χ4n) is 3.30. The van der Waals surface area contributed by atoms with Crippen LogP contribution in [0.3, 0.4) is 0 Å². The molecular formula is C24H24N4O3. The van der Waals surface area contributed by atoms with E-state index in [0.29, 0.717) is 19.1 Å². The highest BCUT2D eigenvalue weighted by Crippen LogP contribution is 2.28. The Kier molecular flexibility index (Phi) is 5.95. The van der Waals surface area contributed by atoms with E-state index in [9.17, 15) is 4.79 Å². The number of rotatable bonds is 7. The SMILES string of the molecule is COCc1ccc(-c2ccc(COc3nn(C)cc3-c3ccc(=O)n(C)c3)cc2)nc1. The Hall–Kier alpha value is -3.71. The number of hydrogen-bond acceptors (Lipinski definition) is 5. The van der Waals surface area contributed by atoms with Gasteiger partial charge in [-0.2, -0.15) is 0 Å². The van der Waals surface area contributed by atoms with Gasteiger partial charge in [-0.1, -0.05) is 30.3 Å². The summed E-state index contributed by atoms with van der Waals surface area (Å²) in [6.45, 7) is 0.939. The highest BCUT2D eigenvalue weighted by Gasteiger charge is 2.12. The first-order valence-electron chi connectivity index (χ1n) is 9.90. The van der Waals surface area contributed by atoms with Crippen molar-refractivity contribution in [3.8, 4) is 28.3 Å². The van der Waals surface area contributed by atoms with Gasteiger partial charge in [0, 0.05) is 57.0 Å². The second-order valence-corrected chi connectivity index (χ2v) is 7.36. The van der Waals surface area contributed by atoms with Crippen molar-refractivity contribution in [2.24, 2.45) is 14.1 Å². The van der Waals surface area contributed by atoms with Gasteiger partial charge in [-0.25, -0.2) is 0 Å². The van der Waals surface area contributed by atoms with E-state index in [4.69, 9.17) is 9.47 Å². The van der Waals surface area contributed by atoms with Crippen LogP contribution in [0.25, 0.3) is 22.4 Å². The highest BCUT2D eigenvalue weighted by atomic mass is 16.5. The summed E-state index contributed by atoms with van der Waals surface area (Å²) < 4.78 is 14.4. The van der Waals surface area contributed by atoms with E-state index in [1.54, 1.807) is 41.7 Å². The fourth-order valence-corrected chi connectivity index (χ4v) is 3.30. The maximum Gasteiger partial charge on any atom is 0.250 e. The fraction of sp³-hybridized carbons (Fsp3) is 0.208. The van der Waals surface area contributed by atoms with Crippen molar-refractivity contribution in [1.82, 2.24) is 19.3 Å². The monoisotopic (exact) mass is 416 g/mol. The Bertz CT molecular complexity index is 1230. The quantitative estimate of drug-likeness (QED) is 0.461. The molecule has 0 atom stereocenters. The largest absolute Gasteiger partial charge is 0.471 e. The van der Waals surface area contributed by atoms with E-state index in [1.165, 1.54) is 0 Å². The number of pyridine rings is 2. The molecule has 0 amide bonds. The number of aryl methyl sites for hydroxylation is 2. The molecule has 158 valence electrons. The lowest BCUT2D eigenvalue weighted by Gasteiger charge is -2.08. The predicted molar refractivity (Wildman–Crippen MR) is 119 cm³/mol. The number of ether oxygens (including phenoxy) is 2. The van der Waals surface area contributed by atoms with Gasteiger partial charge in [0.15, 0.2) is 0 Å². The van der Waals surface area contributed by atoms with Crippen LogP contribution >= 0.6 is 0 Å². The first kappa shape index (κ1) is 20.6. The van der Waals surface area contributed by atoms with Gasteiger partial charge in [0.05, 0.1) is 17.9 Å². The molecule has 0 unspecified atom stereocenters. The topological polar surface area (TPSA) is 71.2 Å². The van der Waals surface area contributed by atoms with Crippen LogP contribution < -0.4 is 10.3 Å². The summed E-state index contributed by atoms with van der Waals surface area (Å²) in [5, 5.41) is 4.43. The van der Waals surface area contributed by atoms with E-state index in [0.717, 1.165) is 33.5 Å². The standard InChI is InChI=1S/C24H24N4O3/c1-27-13-20(9-11-23(27)29)21-14-28(2)26-24(21)31-16-17-4-7-19(8-5-17)22-10-6-18(12-25-22)15-30-3/h4-14H,15-16H2,1-3H3. The van der Waals surface area contributed by atoms with Gasteiger partial charge >= 0.3 is 0 Å². The van der Waals surface area contributed by atoms with Crippen LogP contribution in [0.2, 0.25) is 0 Å². The molecule has 4 rings (SSSR count). The molecule has 7 heteroatoms. The van der Waals surface area contributed by atoms with Crippen molar-refractivity contribution in [2.45, 2.75) is 13.2 Å². The van der Waals surface area contributed by atoms with Crippen molar-refractivity contribution in [3.63, 3.8) is 0 Å². The number of benzene rings is 1. The number of hydrogen-bond donors (Lipinski definition) is 0. The Morgan fingerprint density at radius 1 is 0.871 bits per heavy atom. The first-order valence-corrected chi connectivity index (χ1v) is 9.90. The third-order valence-electron chi connectivity index (χ3n) is 4.95. The summed E-state index contributed by atoms with van der Waals surface area (Å²) in [6, 6.07) is 15.4. The molecule has 3 aromatic heterocycles. The molecule has 0 fully saturated rings. The molecule has 0 saturated heterocycles. The zero-order valence-electron chi connectivity index (χ0n) is 17.8. The van der Waals surface area contributed by atoms with Crippen LogP contribution in [-0.4, -0.2) is 26.4 Å². The molecule has 0 radical (unpaired) electrons. The highest BCUT2D eigenvalue weighted by molar-refractivity contribution is 5.67. The molecule has 7 nitrogen and oxygen atoms in total. The molecule has 0 N–H and O–H groups in total. The van der Waals surface area contributed by atoms with Gasteiger partial charge in [0.2, 0.25) is 11.4 Å². The minimum absolute atomic E-state index is 0.0574. The van der Waals surface area contributed by atoms with Crippen molar-refractivity contribution < 1.29 is 9.47 Å². The number of nitrogens with zero attached hydrogens (tertiary/aromatic N) is 4. The molecule has 0 spiro atoms. The molecule has 0 bridgehead atoms. The molecule has 3 heterocycles. The molecule has 4 aromatic rings. The normalized spacial score (nSPS) is 10.9. The molecule has 0 aliphatic heterocycles. The average molecular weight is 416 g/mol. The Morgan fingerprint density at radius 2 is 1.61 bits per heavy atom. The minimum Gasteiger partial charge on any atom is -0.471 e. The summed E-state index contributed by atoms with van der Waals surface area (Å²) in [4.78, 5) is 16.2. The molecule has 0 aliphatic carbocycles. The molecule has 0 saturated carbocycles. The first-order chi connectivity index (χ1) is 15.0. The third-order valence-corrected chi connectivity index (χ3v) is 4.95. The van der Waals surface area contributed by atoms with Crippen molar-refractivity contribution in [3.05, 3.63) is 88.6 Å². The summed E-state index contributed by atoms with van der Waals surface area (Å²) in [5.41, 5.74) is 5.68.